The van der Waals surface area contributed by atoms with Crippen molar-refractivity contribution < 1.29 is 4.52 Å². The van der Waals surface area contributed by atoms with E-state index in [-0.39, 0.29) is 0 Å². The summed E-state index contributed by atoms with van der Waals surface area (Å²) >= 11 is 1.45. The summed E-state index contributed by atoms with van der Waals surface area (Å²) in [7, 11) is 0. The summed E-state index contributed by atoms with van der Waals surface area (Å²) in [6.07, 6.45) is 1.83. The maximum absolute atomic E-state index is 5.47. The van der Waals surface area contributed by atoms with Crippen LogP contribution in [0.1, 0.15) is 25.1 Å². The van der Waals surface area contributed by atoms with Gasteiger partial charge in [0.25, 0.3) is 0 Å². The predicted molar refractivity (Wildman–Crippen MR) is 64.7 cm³/mol. The molecular formula is C9H15N7OS. The fourth-order valence-electron chi connectivity index (χ4n) is 1.36. The van der Waals surface area contributed by atoms with Crippen molar-refractivity contribution in [1.29, 1.82) is 0 Å². The lowest BCUT2D eigenvalue weighted by Crippen LogP contribution is -2.12. The Kier molecular flexibility index (Phi) is 4.65. The van der Waals surface area contributed by atoms with Gasteiger partial charge >= 0.3 is 0 Å². The van der Waals surface area contributed by atoms with E-state index in [1.54, 1.807) is 4.68 Å². The molecule has 2 aromatic heterocycles. The Morgan fingerprint density at radius 1 is 1.44 bits per heavy atom. The monoisotopic (exact) mass is 269 g/mol. The molecule has 0 bridgehead atoms. The molecular weight excluding hydrogens is 254 g/mol. The van der Waals surface area contributed by atoms with Crippen LogP contribution in [-0.4, -0.2) is 36.9 Å². The molecule has 0 aliphatic carbocycles. The zero-order chi connectivity index (χ0) is 12.8. The van der Waals surface area contributed by atoms with Crippen LogP contribution in [0.3, 0.4) is 0 Å². The van der Waals surface area contributed by atoms with Crippen LogP contribution in [0.4, 0.5) is 0 Å². The zero-order valence-corrected chi connectivity index (χ0v) is 10.9. The second-order valence-corrected chi connectivity index (χ2v) is 4.56. The maximum Gasteiger partial charge on any atom is 0.237 e. The minimum atomic E-state index is 0.500. The molecule has 0 radical (unpaired) electrons. The Labute approximate surface area is 108 Å². The Morgan fingerprint density at radius 3 is 3.11 bits per heavy atom. The summed E-state index contributed by atoms with van der Waals surface area (Å²) in [6, 6.07) is 0. The summed E-state index contributed by atoms with van der Waals surface area (Å²) in [5.41, 5.74) is 5.47. The van der Waals surface area contributed by atoms with Crippen molar-refractivity contribution >= 4 is 11.8 Å². The molecule has 8 nitrogen and oxygen atoms in total. The van der Waals surface area contributed by atoms with E-state index in [0.29, 0.717) is 29.9 Å². The van der Waals surface area contributed by atoms with Gasteiger partial charge in [-0.05, 0) is 16.8 Å². The Balaban J connectivity index is 1.91. The van der Waals surface area contributed by atoms with E-state index in [1.807, 2.05) is 0 Å². The third-order valence-electron chi connectivity index (χ3n) is 2.15. The number of nitrogens with two attached hydrogens (primary N) is 1. The van der Waals surface area contributed by atoms with Crippen molar-refractivity contribution in [3.8, 4) is 0 Å². The van der Waals surface area contributed by atoms with Gasteiger partial charge in [-0.2, -0.15) is 4.98 Å². The molecule has 9 heteroatoms. The normalized spacial score (nSPS) is 11.0. The predicted octanol–water partition coefficient (Wildman–Crippen LogP) is 0.260. The van der Waals surface area contributed by atoms with E-state index in [0.717, 1.165) is 18.7 Å². The Bertz CT molecular complexity index is 483. The largest absolute Gasteiger partial charge is 0.338 e. The minimum Gasteiger partial charge on any atom is -0.338 e. The van der Waals surface area contributed by atoms with Crippen LogP contribution in [0.25, 0.3) is 0 Å². The molecule has 18 heavy (non-hydrogen) atoms. The van der Waals surface area contributed by atoms with Gasteiger partial charge < -0.3 is 10.3 Å². The Hall–Kier alpha value is -1.48. The van der Waals surface area contributed by atoms with Crippen molar-refractivity contribution in [3.05, 3.63) is 11.7 Å². The van der Waals surface area contributed by atoms with Gasteiger partial charge in [0.15, 0.2) is 5.82 Å². The smallest absolute Gasteiger partial charge is 0.237 e. The standard InChI is InChI=1S/C9H15N7OS/c1-2-3-7-11-8(17-13-7)6-18-9-12-14-15-16(9)5-4-10/h2-6,10H2,1H3. The van der Waals surface area contributed by atoms with E-state index in [4.69, 9.17) is 10.3 Å². The number of tetrazole rings is 1. The first-order valence-corrected chi connectivity index (χ1v) is 6.72. The third kappa shape index (κ3) is 3.26. The van der Waals surface area contributed by atoms with E-state index in [1.165, 1.54) is 11.8 Å². The van der Waals surface area contributed by atoms with Gasteiger partial charge in [0.1, 0.15) is 0 Å². The lowest BCUT2D eigenvalue weighted by Gasteiger charge is -1.99. The molecule has 0 amide bonds. The zero-order valence-electron chi connectivity index (χ0n) is 10.1. The van der Waals surface area contributed by atoms with Crippen LogP contribution in [0.2, 0.25) is 0 Å². The summed E-state index contributed by atoms with van der Waals surface area (Å²) in [5.74, 6) is 1.89. The second-order valence-electron chi connectivity index (χ2n) is 3.62. The van der Waals surface area contributed by atoms with E-state index >= 15 is 0 Å². The van der Waals surface area contributed by atoms with Crippen molar-refractivity contribution in [3.63, 3.8) is 0 Å². The number of aromatic nitrogens is 6. The van der Waals surface area contributed by atoms with Crippen LogP contribution in [0.5, 0.6) is 0 Å². The summed E-state index contributed by atoms with van der Waals surface area (Å²) in [4.78, 5) is 4.27. The average molecular weight is 269 g/mol. The number of hydrogen-bond acceptors (Lipinski definition) is 8. The number of rotatable bonds is 7. The van der Waals surface area contributed by atoms with Crippen LogP contribution >= 0.6 is 11.8 Å². The number of hydrogen-bond donors (Lipinski definition) is 1. The highest BCUT2D eigenvalue weighted by Gasteiger charge is 2.10. The van der Waals surface area contributed by atoms with Crippen LogP contribution in [0, 0.1) is 0 Å². The van der Waals surface area contributed by atoms with E-state index < -0.39 is 0 Å². The molecule has 0 saturated heterocycles. The van der Waals surface area contributed by atoms with Crippen molar-refractivity contribution in [2.75, 3.05) is 6.54 Å². The molecule has 2 heterocycles. The average Bonchev–Trinajstić information content (AvgIpc) is 2.97. The molecule has 98 valence electrons. The van der Waals surface area contributed by atoms with Gasteiger partial charge in [-0.1, -0.05) is 23.8 Å². The highest BCUT2D eigenvalue weighted by molar-refractivity contribution is 7.98. The first-order chi connectivity index (χ1) is 8.83. The quantitative estimate of drug-likeness (QED) is 0.713. The molecule has 2 aromatic rings. The van der Waals surface area contributed by atoms with Gasteiger partial charge in [-0.15, -0.1) is 5.10 Å². The van der Waals surface area contributed by atoms with Gasteiger partial charge in [0.2, 0.25) is 11.0 Å². The van der Waals surface area contributed by atoms with Gasteiger partial charge in [-0.25, -0.2) is 4.68 Å². The van der Waals surface area contributed by atoms with Crippen molar-refractivity contribution in [1.82, 2.24) is 30.3 Å². The highest BCUT2D eigenvalue weighted by Crippen LogP contribution is 2.18. The molecule has 2 rings (SSSR count). The third-order valence-corrected chi connectivity index (χ3v) is 3.09. The number of aryl methyl sites for hydroxylation is 1. The first-order valence-electron chi connectivity index (χ1n) is 5.74. The topological polar surface area (TPSA) is 109 Å². The van der Waals surface area contributed by atoms with Gasteiger partial charge in [0.05, 0.1) is 12.3 Å². The molecule has 2 N–H and O–H groups in total. The minimum absolute atomic E-state index is 0.500. The van der Waals surface area contributed by atoms with Crippen LogP contribution in [-0.2, 0) is 18.7 Å². The number of thioether (sulfide) groups is 1. The maximum atomic E-state index is 5.47. The van der Waals surface area contributed by atoms with Gasteiger partial charge in [-0.3, -0.25) is 0 Å². The molecule has 0 spiro atoms. The molecule has 0 aliphatic rings. The first kappa shape index (κ1) is 13.0. The summed E-state index contributed by atoms with van der Waals surface area (Å²) in [5, 5.41) is 16.0. The SMILES string of the molecule is CCCc1noc(CSc2nnnn2CCN)n1. The Morgan fingerprint density at radius 2 is 2.33 bits per heavy atom. The van der Waals surface area contributed by atoms with E-state index in [9.17, 15) is 0 Å². The van der Waals surface area contributed by atoms with E-state index in [2.05, 4.69) is 32.6 Å². The lowest BCUT2D eigenvalue weighted by atomic mass is 10.3. The fraction of sp³-hybridized carbons (Fsp3) is 0.667. The molecule has 0 saturated carbocycles. The fourth-order valence-corrected chi connectivity index (χ4v) is 2.10. The lowest BCUT2D eigenvalue weighted by molar-refractivity contribution is 0.384. The van der Waals surface area contributed by atoms with Crippen LogP contribution < -0.4 is 5.73 Å². The molecule has 0 unspecified atom stereocenters. The molecule has 0 aliphatic heterocycles. The number of nitrogens with zero attached hydrogens (tertiary/aromatic N) is 6. The molecule has 0 fully saturated rings. The second kappa shape index (κ2) is 6.45. The van der Waals surface area contributed by atoms with Gasteiger partial charge in [0, 0.05) is 13.0 Å². The van der Waals surface area contributed by atoms with Crippen LogP contribution in [0.15, 0.2) is 9.68 Å². The highest BCUT2D eigenvalue weighted by atomic mass is 32.2. The summed E-state index contributed by atoms with van der Waals surface area (Å²) < 4.78 is 6.79. The van der Waals surface area contributed by atoms with Crippen molar-refractivity contribution in [2.45, 2.75) is 37.2 Å². The molecule has 0 aromatic carbocycles. The molecule has 0 atom stereocenters. The van der Waals surface area contributed by atoms with Crippen molar-refractivity contribution in [2.24, 2.45) is 5.73 Å². The summed E-state index contributed by atoms with van der Waals surface area (Å²) in [6.45, 7) is 3.17.